The van der Waals surface area contributed by atoms with Gasteiger partial charge in [0.05, 0.1) is 5.69 Å². The second-order valence-corrected chi connectivity index (χ2v) is 10.4. The lowest BCUT2D eigenvalue weighted by Gasteiger charge is -2.14. The van der Waals surface area contributed by atoms with Crippen molar-refractivity contribution >= 4 is 0 Å². The van der Waals surface area contributed by atoms with E-state index in [4.69, 9.17) is 0 Å². The smallest absolute Gasteiger partial charge is 0.155 e. The fourth-order valence-corrected chi connectivity index (χ4v) is 2.15. The van der Waals surface area contributed by atoms with E-state index >= 15 is 0 Å². The molecular weight excluding hydrogens is 398 g/mol. The van der Waals surface area contributed by atoms with Crippen molar-refractivity contribution in [2.75, 3.05) is 0 Å². The number of rotatable bonds is 0. The fraction of sp³-hybridized carbons (Fsp3) is 0.680. The topological polar surface area (TPSA) is 98.9 Å². The van der Waals surface area contributed by atoms with Crippen molar-refractivity contribution in [1.82, 2.24) is 35.6 Å². The van der Waals surface area contributed by atoms with Crippen molar-refractivity contribution in [2.24, 2.45) is 0 Å². The molecule has 0 aliphatic heterocycles. The highest BCUT2D eigenvalue weighted by atomic mass is 15.2. The number of aromatic nitrogens is 7. The third kappa shape index (κ3) is 11.8. The Labute approximate surface area is 197 Å². The standard InChI is InChI=1S/C8H14N2.C7H13N3.C7H12N2.3CH4/c1-6-5-7(10-9-6)8(2,3)4;1-5-8-6(10-9-5)7(2,3)4;1-7(2,3)6-4-5-8-9-6;;;/h5H,1-4H3,(H,9,10);1-4H3,(H,8,9,10);4-5H,1-3H3,(H,8,9);3*1H4. The first-order valence-electron chi connectivity index (χ1n) is 10.0. The highest BCUT2D eigenvalue weighted by Crippen LogP contribution is 2.20. The van der Waals surface area contributed by atoms with Crippen molar-refractivity contribution in [1.29, 1.82) is 0 Å². The molecule has 7 nitrogen and oxygen atoms in total. The molecule has 3 rings (SSSR count). The van der Waals surface area contributed by atoms with Crippen LogP contribution < -0.4 is 0 Å². The first-order chi connectivity index (χ1) is 13.1. The van der Waals surface area contributed by atoms with Gasteiger partial charge in [0.1, 0.15) is 5.82 Å². The monoisotopic (exact) mass is 449 g/mol. The average Bonchev–Trinajstić information content (AvgIpc) is 3.26. The Hall–Kier alpha value is -2.44. The maximum absolute atomic E-state index is 4.22. The van der Waals surface area contributed by atoms with E-state index < -0.39 is 0 Å². The second-order valence-electron chi connectivity index (χ2n) is 10.4. The molecule has 7 heteroatoms. The van der Waals surface area contributed by atoms with Gasteiger partial charge in [-0.15, -0.1) is 0 Å². The van der Waals surface area contributed by atoms with Gasteiger partial charge in [-0.05, 0) is 26.0 Å². The van der Waals surface area contributed by atoms with Crippen LogP contribution in [0.4, 0.5) is 0 Å². The number of hydrogen-bond acceptors (Lipinski definition) is 4. The highest BCUT2D eigenvalue weighted by Gasteiger charge is 2.18. The van der Waals surface area contributed by atoms with Crippen LogP contribution in [0.3, 0.4) is 0 Å². The molecule has 0 aromatic carbocycles. The van der Waals surface area contributed by atoms with E-state index in [2.05, 4.69) is 104 Å². The normalized spacial score (nSPS) is 10.8. The molecular formula is C25H51N7. The van der Waals surface area contributed by atoms with E-state index in [1.807, 2.05) is 19.9 Å². The molecule has 0 atom stereocenters. The Morgan fingerprint density at radius 3 is 1.44 bits per heavy atom. The summed E-state index contributed by atoms with van der Waals surface area (Å²) in [5.74, 6) is 1.76. The molecule has 0 bridgehead atoms. The summed E-state index contributed by atoms with van der Waals surface area (Å²) in [6.07, 6.45) is 1.78. The maximum Gasteiger partial charge on any atom is 0.155 e. The zero-order chi connectivity index (χ0) is 22.5. The van der Waals surface area contributed by atoms with E-state index in [0.29, 0.717) is 0 Å². The van der Waals surface area contributed by atoms with Crippen LogP contribution in [0.2, 0.25) is 0 Å². The maximum atomic E-state index is 4.22. The van der Waals surface area contributed by atoms with E-state index in [0.717, 1.165) is 23.0 Å². The molecule has 32 heavy (non-hydrogen) atoms. The van der Waals surface area contributed by atoms with Gasteiger partial charge in [-0.3, -0.25) is 15.3 Å². The molecule has 0 spiro atoms. The SMILES string of the molecule is C.C.C.CC(C)(C)c1ccn[nH]1.Cc1cc(C(C)(C)C)n[nH]1.Cc1nc(C(C)(C)C)n[nH]1. The van der Waals surface area contributed by atoms with Crippen molar-refractivity contribution in [3.8, 4) is 0 Å². The van der Waals surface area contributed by atoms with Crippen LogP contribution in [0.5, 0.6) is 0 Å². The zero-order valence-electron chi connectivity index (χ0n) is 20.0. The predicted octanol–water partition coefficient (Wildman–Crippen LogP) is 7.04. The number of nitrogens with zero attached hydrogens (tertiary/aromatic N) is 4. The predicted molar refractivity (Wildman–Crippen MR) is 139 cm³/mol. The van der Waals surface area contributed by atoms with Crippen LogP contribution in [-0.2, 0) is 16.2 Å². The van der Waals surface area contributed by atoms with Crippen molar-refractivity contribution in [3.63, 3.8) is 0 Å². The van der Waals surface area contributed by atoms with Crippen LogP contribution >= 0.6 is 0 Å². The molecule has 3 aromatic heterocycles. The number of aromatic amines is 3. The number of H-pyrrole nitrogens is 3. The van der Waals surface area contributed by atoms with Gasteiger partial charge in [-0.1, -0.05) is 84.6 Å². The first kappa shape index (κ1) is 34.2. The van der Waals surface area contributed by atoms with Gasteiger partial charge < -0.3 is 0 Å². The molecule has 0 aliphatic rings. The molecule has 3 heterocycles. The minimum atomic E-state index is 0. The lowest BCUT2D eigenvalue weighted by molar-refractivity contribution is 0.548. The summed E-state index contributed by atoms with van der Waals surface area (Å²) in [6, 6.07) is 4.08. The minimum Gasteiger partial charge on any atom is -0.283 e. The first-order valence-corrected chi connectivity index (χ1v) is 10.0. The fourth-order valence-electron chi connectivity index (χ4n) is 2.15. The summed E-state index contributed by atoms with van der Waals surface area (Å²) in [4.78, 5) is 4.22. The van der Waals surface area contributed by atoms with Gasteiger partial charge >= 0.3 is 0 Å². The van der Waals surface area contributed by atoms with Crippen molar-refractivity contribution in [2.45, 2.75) is 115 Å². The summed E-state index contributed by atoms with van der Waals surface area (Å²) >= 11 is 0. The van der Waals surface area contributed by atoms with Gasteiger partial charge in [0.25, 0.3) is 0 Å². The third-order valence-corrected chi connectivity index (χ3v) is 4.05. The van der Waals surface area contributed by atoms with E-state index in [1.165, 1.54) is 5.69 Å². The van der Waals surface area contributed by atoms with E-state index in [1.54, 1.807) is 6.20 Å². The van der Waals surface area contributed by atoms with E-state index in [9.17, 15) is 0 Å². The quantitative estimate of drug-likeness (QED) is 0.342. The van der Waals surface area contributed by atoms with Crippen LogP contribution in [0.1, 0.15) is 113 Å². The molecule has 0 saturated carbocycles. The Bertz CT molecular complexity index is 786. The molecule has 0 radical (unpaired) electrons. The average molecular weight is 450 g/mol. The molecule has 3 N–H and O–H groups in total. The summed E-state index contributed by atoms with van der Waals surface area (Å²) in [5.41, 5.74) is 3.88. The van der Waals surface area contributed by atoms with Crippen LogP contribution in [-0.4, -0.2) is 35.6 Å². The molecule has 0 amide bonds. The largest absolute Gasteiger partial charge is 0.283 e. The Morgan fingerprint density at radius 2 is 1.25 bits per heavy atom. The molecule has 0 unspecified atom stereocenters. The number of nitrogens with one attached hydrogen (secondary N) is 3. The van der Waals surface area contributed by atoms with Gasteiger partial charge in [-0.2, -0.15) is 15.3 Å². The molecule has 0 aliphatic carbocycles. The van der Waals surface area contributed by atoms with Gasteiger partial charge in [0.2, 0.25) is 0 Å². The van der Waals surface area contributed by atoms with Crippen molar-refractivity contribution in [3.05, 3.63) is 47.1 Å². The lowest BCUT2D eigenvalue weighted by atomic mass is 9.92. The van der Waals surface area contributed by atoms with Crippen molar-refractivity contribution < 1.29 is 0 Å². The summed E-state index contributed by atoms with van der Waals surface area (Å²) in [5, 5.41) is 20.7. The molecule has 0 fully saturated rings. The van der Waals surface area contributed by atoms with Gasteiger partial charge in [0, 0.05) is 33.8 Å². The van der Waals surface area contributed by atoms with Gasteiger partial charge in [-0.25, -0.2) is 4.98 Å². The highest BCUT2D eigenvalue weighted by molar-refractivity contribution is 5.14. The molecule has 186 valence electrons. The van der Waals surface area contributed by atoms with Crippen LogP contribution in [0.15, 0.2) is 18.3 Å². The minimum absolute atomic E-state index is 0. The Morgan fingerprint density at radius 1 is 0.688 bits per heavy atom. The molecule has 3 aromatic rings. The summed E-state index contributed by atoms with van der Waals surface area (Å²) in [6.45, 7) is 23.1. The summed E-state index contributed by atoms with van der Waals surface area (Å²) < 4.78 is 0. The second kappa shape index (κ2) is 13.2. The lowest BCUT2D eigenvalue weighted by Crippen LogP contribution is -2.13. The molecule has 0 saturated heterocycles. The summed E-state index contributed by atoms with van der Waals surface area (Å²) in [7, 11) is 0. The Kier molecular flexibility index (Phi) is 14.1. The van der Waals surface area contributed by atoms with Gasteiger partial charge in [0.15, 0.2) is 5.82 Å². The van der Waals surface area contributed by atoms with Crippen LogP contribution in [0.25, 0.3) is 0 Å². The van der Waals surface area contributed by atoms with E-state index in [-0.39, 0.29) is 38.5 Å². The zero-order valence-corrected chi connectivity index (χ0v) is 20.0. The van der Waals surface area contributed by atoms with Crippen LogP contribution in [0, 0.1) is 13.8 Å². The number of aryl methyl sites for hydroxylation is 2. The number of hydrogen-bond donors (Lipinski definition) is 3. The Balaban J connectivity index is -0.000000377. The third-order valence-electron chi connectivity index (χ3n) is 4.05.